The van der Waals surface area contributed by atoms with Crippen molar-refractivity contribution in [2.45, 2.75) is 63.5 Å². The van der Waals surface area contributed by atoms with Crippen LogP contribution in [0.1, 0.15) is 63.5 Å². The highest BCUT2D eigenvalue weighted by molar-refractivity contribution is 7.99. The average Bonchev–Trinajstić information content (AvgIpc) is 3.64. The Morgan fingerprint density at radius 1 is 0.629 bits per heavy atom. The molecule has 0 aliphatic heterocycles. The molecule has 2 heterocycles. The lowest BCUT2D eigenvalue weighted by Gasteiger charge is -2.30. The predicted molar refractivity (Wildman–Crippen MR) is 139 cm³/mol. The molecule has 0 saturated carbocycles. The molecule has 0 aliphatic rings. The number of aromatic nitrogens is 8. The summed E-state index contributed by atoms with van der Waals surface area (Å²) in [5.74, 6) is 2.34. The van der Waals surface area contributed by atoms with Gasteiger partial charge in [0, 0.05) is 0 Å². The molecule has 2 aromatic heterocycles. The number of benzene rings is 2. The molecule has 0 spiro atoms. The standard InChI is InChI=1S/C26H34N8S/c1-25(33-21-27-29-31-33,23-13-5-3-6-14-23)17-9-11-19-35-20-12-10-18-26(2,34-22-28-30-32-34)24-15-7-4-8-16-24/h3-8,13-16,21-22H,9-12,17-20H2,1-2H3. The molecule has 0 bridgehead atoms. The van der Waals surface area contributed by atoms with Crippen LogP contribution in [-0.4, -0.2) is 51.9 Å². The average molecular weight is 491 g/mol. The normalized spacial score (nSPS) is 14.9. The van der Waals surface area contributed by atoms with E-state index < -0.39 is 0 Å². The number of nitrogens with zero attached hydrogens (tertiary/aromatic N) is 8. The lowest BCUT2D eigenvalue weighted by molar-refractivity contribution is 0.311. The van der Waals surface area contributed by atoms with Crippen LogP contribution >= 0.6 is 11.8 Å². The minimum atomic E-state index is -0.229. The van der Waals surface area contributed by atoms with Crippen molar-refractivity contribution >= 4 is 11.8 Å². The number of tetrazole rings is 2. The molecule has 4 aromatic rings. The van der Waals surface area contributed by atoms with Crippen LogP contribution < -0.4 is 0 Å². The zero-order chi connectivity index (χ0) is 24.4. The number of hydrogen-bond acceptors (Lipinski definition) is 7. The Hall–Kier alpha value is -3.07. The van der Waals surface area contributed by atoms with Crippen LogP contribution in [0.2, 0.25) is 0 Å². The summed E-state index contributed by atoms with van der Waals surface area (Å²) in [6.45, 7) is 4.44. The van der Waals surface area contributed by atoms with Crippen molar-refractivity contribution in [3.8, 4) is 0 Å². The van der Waals surface area contributed by atoms with Crippen LogP contribution in [0.5, 0.6) is 0 Å². The van der Waals surface area contributed by atoms with Crippen LogP contribution in [0.15, 0.2) is 73.3 Å². The highest BCUT2D eigenvalue weighted by Crippen LogP contribution is 2.32. The van der Waals surface area contributed by atoms with Gasteiger partial charge < -0.3 is 0 Å². The summed E-state index contributed by atoms with van der Waals surface area (Å²) < 4.78 is 3.79. The highest BCUT2D eigenvalue weighted by atomic mass is 32.2. The largest absolute Gasteiger partial charge is 0.222 e. The van der Waals surface area contributed by atoms with Gasteiger partial charge >= 0.3 is 0 Å². The van der Waals surface area contributed by atoms with E-state index in [-0.39, 0.29) is 11.1 Å². The van der Waals surface area contributed by atoms with E-state index in [0.29, 0.717) is 0 Å². The van der Waals surface area contributed by atoms with Crippen LogP contribution in [0.4, 0.5) is 0 Å². The smallest absolute Gasteiger partial charge is 0.139 e. The van der Waals surface area contributed by atoms with E-state index in [4.69, 9.17) is 0 Å². The third-order valence-electron chi connectivity index (χ3n) is 6.91. The molecule has 0 aliphatic carbocycles. The van der Waals surface area contributed by atoms with Gasteiger partial charge in [-0.1, -0.05) is 60.7 Å². The third kappa shape index (κ3) is 6.14. The second-order valence-electron chi connectivity index (χ2n) is 9.32. The molecule has 0 amide bonds. The van der Waals surface area contributed by atoms with Gasteiger partial charge in [0.15, 0.2) is 0 Å². The van der Waals surface area contributed by atoms with Gasteiger partial charge in [0.05, 0.1) is 11.1 Å². The lowest BCUT2D eigenvalue weighted by atomic mass is 9.87. The number of unbranched alkanes of at least 4 members (excludes halogenated alkanes) is 2. The van der Waals surface area contributed by atoms with Crippen molar-refractivity contribution < 1.29 is 0 Å². The number of rotatable bonds is 14. The maximum Gasteiger partial charge on any atom is 0.139 e. The Morgan fingerprint density at radius 3 is 1.43 bits per heavy atom. The first-order valence-electron chi connectivity index (χ1n) is 12.3. The molecular weight excluding hydrogens is 456 g/mol. The Labute approximate surface area is 211 Å². The first-order valence-corrected chi connectivity index (χ1v) is 13.4. The van der Waals surface area contributed by atoms with Crippen molar-refractivity contribution in [1.82, 2.24) is 40.4 Å². The number of thioether (sulfide) groups is 1. The van der Waals surface area contributed by atoms with Gasteiger partial charge in [0.2, 0.25) is 0 Å². The SMILES string of the molecule is CC(CCCCSCCCCC(C)(c1ccccc1)n1cnnn1)(c1ccccc1)n1cnnn1. The maximum absolute atomic E-state index is 4.21. The molecule has 9 heteroatoms. The molecule has 0 fully saturated rings. The molecular formula is C26H34N8S. The van der Waals surface area contributed by atoms with E-state index >= 15 is 0 Å². The summed E-state index contributed by atoms with van der Waals surface area (Å²) in [4.78, 5) is 0. The minimum absolute atomic E-state index is 0.229. The summed E-state index contributed by atoms with van der Waals surface area (Å²) in [5, 5.41) is 23.9. The molecule has 8 nitrogen and oxygen atoms in total. The molecule has 2 aromatic carbocycles. The fraction of sp³-hybridized carbons (Fsp3) is 0.462. The van der Waals surface area contributed by atoms with E-state index in [9.17, 15) is 0 Å². The van der Waals surface area contributed by atoms with Crippen LogP contribution in [0, 0.1) is 0 Å². The van der Waals surface area contributed by atoms with Crippen LogP contribution in [0.3, 0.4) is 0 Å². The summed E-state index contributed by atoms with van der Waals surface area (Å²) in [6.07, 6.45) is 10.1. The van der Waals surface area contributed by atoms with Crippen molar-refractivity contribution in [1.29, 1.82) is 0 Å². The van der Waals surface area contributed by atoms with E-state index in [1.807, 2.05) is 33.3 Å². The monoisotopic (exact) mass is 490 g/mol. The Balaban J connectivity index is 1.19. The lowest BCUT2D eigenvalue weighted by Crippen LogP contribution is -2.32. The van der Waals surface area contributed by atoms with E-state index in [1.54, 1.807) is 12.7 Å². The van der Waals surface area contributed by atoms with Gasteiger partial charge in [0.25, 0.3) is 0 Å². The first-order chi connectivity index (χ1) is 17.1. The fourth-order valence-electron chi connectivity index (χ4n) is 4.60. The van der Waals surface area contributed by atoms with Crippen molar-refractivity contribution in [2.75, 3.05) is 11.5 Å². The second kappa shape index (κ2) is 12.1. The molecule has 0 radical (unpaired) electrons. The van der Waals surface area contributed by atoms with E-state index in [2.05, 4.69) is 93.4 Å². The van der Waals surface area contributed by atoms with Gasteiger partial charge in [-0.15, -0.1) is 10.2 Å². The molecule has 2 unspecified atom stereocenters. The second-order valence-corrected chi connectivity index (χ2v) is 10.5. The summed E-state index contributed by atoms with van der Waals surface area (Å²) in [6, 6.07) is 21.1. The van der Waals surface area contributed by atoms with Gasteiger partial charge in [-0.05, 0) is 95.9 Å². The zero-order valence-electron chi connectivity index (χ0n) is 20.6. The minimum Gasteiger partial charge on any atom is -0.222 e. The highest BCUT2D eigenvalue weighted by Gasteiger charge is 2.30. The molecule has 2 atom stereocenters. The Kier molecular flexibility index (Phi) is 8.63. The van der Waals surface area contributed by atoms with Crippen LogP contribution in [-0.2, 0) is 11.1 Å². The molecule has 4 rings (SSSR count). The number of hydrogen-bond donors (Lipinski definition) is 0. The maximum atomic E-state index is 4.21. The van der Waals surface area contributed by atoms with Crippen molar-refractivity contribution in [3.05, 3.63) is 84.4 Å². The fourth-order valence-corrected chi connectivity index (χ4v) is 5.62. The first kappa shape index (κ1) is 25.0. The van der Waals surface area contributed by atoms with Crippen molar-refractivity contribution in [2.24, 2.45) is 0 Å². The zero-order valence-corrected chi connectivity index (χ0v) is 21.4. The van der Waals surface area contributed by atoms with Gasteiger partial charge in [-0.2, -0.15) is 11.8 Å². The van der Waals surface area contributed by atoms with Gasteiger partial charge in [-0.25, -0.2) is 9.36 Å². The summed E-state index contributed by atoms with van der Waals surface area (Å²) >= 11 is 2.05. The quantitative estimate of drug-likeness (QED) is 0.231. The Bertz CT molecular complexity index is 1020. The van der Waals surface area contributed by atoms with Gasteiger partial charge in [-0.3, -0.25) is 0 Å². The summed E-state index contributed by atoms with van der Waals surface area (Å²) in [7, 11) is 0. The molecule has 0 saturated heterocycles. The van der Waals surface area contributed by atoms with Crippen LogP contribution in [0.25, 0.3) is 0 Å². The van der Waals surface area contributed by atoms with Gasteiger partial charge in [0.1, 0.15) is 12.7 Å². The third-order valence-corrected chi connectivity index (χ3v) is 8.06. The van der Waals surface area contributed by atoms with E-state index in [1.165, 1.54) is 35.5 Å². The molecule has 35 heavy (non-hydrogen) atoms. The van der Waals surface area contributed by atoms with Crippen molar-refractivity contribution in [3.63, 3.8) is 0 Å². The molecule has 0 N–H and O–H groups in total. The Morgan fingerprint density at radius 2 is 1.06 bits per heavy atom. The summed E-state index contributed by atoms with van der Waals surface area (Å²) in [5.41, 5.74) is 2.02. The predicted octanol–water partition coefficient (Wildman–Crippen LogP) is 4.96. The van der Waals surface area contributed by atoms with E-state index in [0.717, 1.165) is 25.7 Å². The topological polar surface area (TPSA) is 87.2 Å². The molecule has 184 valence electrons.